The summed E-state index contributed by atoms with van der Waals surface area (Å²) in [6, 6.07) is 0. The van der Waals surface area contributed by atoms with Crippen LogP contribution in [0.5, 0.6) is 0 Å². The monoisotopic (exact) mass is 362 g/mol. The number of ether oxygens (including phenoxy) is 3. The first-order chi connectivity index (χ1) is 9.83. The van der Waals surface area contributed by atoms with Gasteiger partial charge in [-0.3, -0.25) is 14.4 Å². The number of halogens is 1. The summed E-state index contributed by atoms with van der Waals surface area (Å²) in [5.74, 6) is -1.86. The third-order valence-electron chi connectivity index (χ3n) is 2.71. The van der Waals surface area contributed by atoms with Crippen LogP contribution in [0.2, 0.25) is 0 Å². The fourth-order valence-electron chi connectivity index (χ4n) is 1.71. The average Bonchev–Trinajstić information content (AvgIpc) is 2.44. The minimum Gasteiger partial charge on any atom is -0.468 e. The first kappa shape index (κ1) is 19.4. The fraction of sp³-hybridized carbons (Fsp3) is 0.500. The summed E-state index contributed by atoms with van der Waals surface area (Å²) < 4.78 is 14.7. The highest BCUT2D eigenvalue weighted by molar-refractivity contribution is 9.11. The Bertz CT molecular complexity index is 425. The molecule has 0 N–H and O–H groups in total. The molecule has 21 heavy (non-hydrogen) atoms. The van der Waals surface area contributed by atoms with Crippen LogP contribution in [0.4, 0.5) is 0 Å². The van der Waals surface area contributed by atoms with Crippen molar-refractivity contribution in [3.05, 3.63) is 23.2 Å². The van der Waals surface area contributed by atoms with E-state index in [1.54, 1.807) is 6.08 Å². The molecule has 0 aromatic rings. The fourth-order valence-corrected chi connectivity index (χ4v) is 2.32. The van der Waals surface area contributed by atoms with Crippen molar-refractivity contribution < 1.29 is 28.6 Å². The molecule has 0 unspecified atom stereocenters. The molecule has 7 heteroatoms. The highest BCUT2D eigenvalue weighted by Crippen LogP contribution is 2.35. The first-order valence-corrected chi connectivity index (χ1v) is 6.89. The minimum atomic E-state index is -1.52. The number of methoxy groups -OCH3 is 2. The molecule has 0 radical (unpaired) electrons. The molecule has 0 aromatic carbocycles. The van der Waals surface area contributed by atoms with Gasteiger partial charge in [0.25, 0.3) is 0 Å². The van der Waals surface area contributed by atoms with Gasteiger partial charge in [0.2, 0.25) is 0 Å². The third kappa shape index (κ3) is 5.71. The number of carbonyl (C=O) groups excluding carboxylic acids is 3. The van der Waals surface area contributed by atoms with Gasteiger partial charge in [-0.25, -0.2) is 0 Å². The van der Waals surface area contributed by atoms with Crippen LogP contribution in [0.25, 0.3) is 0 Å². The molecule has 0 fully saturated rings. The molecule has 0 rings (SSSR count). The Hall–Kier alpha value is -1.63. The summed E-state index contributed by atoms with van der Waals surface area (Å²) in [6.45, 7) is 4.87. The van der Waals surface area contributed by atoms with Crippen molar-refractivity contribution in [2.24, 2.45) is 5.41 Å². The lowest BCUT2D eigenvalue weighted by Crippen LogP contribution is -2.41. The molecule has 0 atom stereocenters. The Morgan fingerprint density at radius 1 is 1.19 bits per heavy atom. The van der Waals surface area contributed by atoms with E-state index in [2.05, 4.69) is 22.5 Å². The van der Waals surface area contributed by atoms with Crippen LogP contribution in [-0.4, -0.2) is 38.7 Å². The number of allylic oxidation sites excluding steroid dienone is 2. The van der Waals surface area contributed by atoms with Crippen molar-refractivity contribution in [2.45, 2.75) is 19.8 Å². The summed E-state index contributed by atoms with van der Waals surface area (Å²) >= 11 is 3.25. The third-order valence-corrected chi connectivity index (χ3v) is 3.31. The van der Waals surface area contributed by atoms with Gasteiger partial charge >= 0.3 is 17.9 Å². The summed E-state index contributed by atoms with van der Waals surface area (Å²) in [4.78, 5) is 34.8. The molecule has 118 valence electrons. The maximum Gasteiger partial charge on any atom is 0.323 e. The SMILES string of the molecule is C=CCC(C/C(Br)=C\COC(C)=O)(C(=O)OC)C(=O)OC. The number of hydrogen-bond donors (Lipinski definition) is 0. The van der Waals surface area contributed by atoms with Crippen molar-refractivity contribution in [2.75, 3.05) is 20.8 Å². The molecule has 0 aliphatic carbocycles. The zero-order chi connectivity index (χ0) is 16.5. The molecular formula is C14H19BrO6. The van der Waals surface area contributed by atoms with E-state index in [0.29, 0.717) is 4.48 Å². The molecule has 0 saturated carbocycles. The largest absolute Gasteiger partial charge is 0.468 e. The number of carbonyl (C=O) groups is 3. The maximum absolute atomic E-state index is 12.0. The first-order valence-electron chi connectivity index (χ1n) is 6.09. The van der Waals surface area contributed by atoms with Gasteiger partial charge in [0, 0.05) is 13.3 Å². The van der Waals surface area contributed by atoms with Gasteiger partial charge in [0.1, 0.15) is 6.61 Å². The second kappa shape index (κ2) is 9.33. The van der Waals surface area contributed by atoms with Gasteiger partial charge < -0.3 is 14.2 Å². The normalized spacial score (nSPS) is 11.5. The van der Waals surface area contributed by atoms with Gasteiger partial charge in [-0.15, -0.1) is 6.58 Å². The van der Waals surface area contributed by atoms with Crippen LogP contribution >= 0.6 is 15.9 Å². The second-order valence-corrected chi connectivity index (χ2v) is 5.21. The average molecular weight is 363 g/mol. The molecule has 0 saturated heterocycles. The minimum absolute atomic E-state index is 0.0135. The van der Waals surface area contributed by atoms with Gasteiger partial charge in [-0.1, -0.05) is 22.0 Å². The van der Waals surface area contributed by atoms with Crippen LogP contribution in [-0.2, 0) is 28.6 Å². The van der Waals surface area contributed by atoms with E-state index in [-0.39, 0.29) is 19.4 Å². The van der Waals surface area contributed by atoms with Gasteiger partial charge in [-0.05, 0) is 17.0 Å². The molecule has 0 amide bonds. The Labute approximate surface area is 132 Å². The van der Waals surface area contributed by atoms with Gasteiger partial charge in [0.15, 0.2) is 5.41 Å². The van der Waals surface area contributed by atoms with Crippen LogP contribution in [0.15, 0.2) is 23.2 Å². The van der Waals surface area contributed by atoms with E-state index in [1.807, 2.05) is 0 Å². The van der Waals surface area contributed by atoms with Crippen LogP contribution in [0.3, 0.4) is 0 Å². The Kier molecular flexibility index (Phi) is 8.61. The predicted molar refractivity (Wildman–Crippen MR) is 79.5 cm³/mol. The Balaban J connectivity index is 5.29. The summed E-state index contributed by atoms with van der Waals surface area (Å²) in [6.07, 6.45) is 3.06. The van der Waals surface area contributed by atoms with E-state index in [4.69, 9.17) is 14.2 Å². The molecule has 0 aromatic heterocycles. The van der Waals surface area contributed by atoms with Crippen molar-refractivity contribution in [3.8, 4) is 0 Å². The molecule has 0 bridgehead atoms. The number of hydrogen-bond acceptors (Lipinski definition) is 6. The molecule has 6 nitrogen and oxygen atoms in total. The van der Waals surface area contributed by atoms with Crippen LogP contribution in [0, 0.1) is 5.41 Å². The van der Waals surface area contributed by atoms with E-state index in [9.17, 15) is 14.4 Å². The topological polar surface area (TPSA) is 78.9 Å². The maximum atomic E-state index is 12.0. The molecule has 0 spiro atoms. The number of rotatable bonds is 8. The zero-order valence-corrected chi connectivity index (χ0v) is 13.9. The van der Waals surface area contributed by atoms with Crippen molar-refractivity contribution in [1.29, 1.82) is 0 Å². The second-order valence-electron chi connectivity index (χ2n) is 4.19. The zero-order valence-electron chi connectivity index (χ0n) is 12.3. The highest BCUT2D eigenvalue weighted by atomic mass is 79.9. The molecular weight excluding hydrogens is 344 g/mol. The number of esters is 3. The lowest BCUT2D eigenvalue weighted by molar-refractivity contribution is -0.168. The van der Waals surface area contributed by atoms with Crippen LogP contribution in [0.1, 0.15) is 19.8 Å². The Morgan fingerprint density at radius 3 is 2.10 bits per heavy atom. The lowest BCUT2D eigenvalue weighted by Gasteiger charge is -2.26. The highest BCUT2D eigenvalue weighted by Gasteiger charge is 2.47. The van der Waals surface area contributed by atoms with E-state index >= 15 is 0 Å². The summed E-state index contributed by atoms with van der Waals surface area (Å²) in [5, 5.41) is 0. The van der Waals surface area contributed by atoms with Gasteiger partial charge in [-0.2, -0.15) is 0 Å². The molecule has 0 aliphatic heterocycles. The van der Waals surface area contributed by atoms with Crippen molar-refractivity contribution in [1.82, 2.24) is 0 Å². The van der Waals surface area contributed by atoms with Crippen molar-refractivity contribution >= 4 is 33.8 Å². The smallest absolute Gasteiger partial charge is 0.323 e. The quantitative estimate of drug-likeness (QED) is 0.285. The van der Waals surface area contributed by atoms with E-state index in [1.165, 1.54) is 27.2 Å². The van der Waals surface area contributed by atoms with Gasteiger partial charge in [0.05, 0.1) is 14.2 Å². The lowest BCUT2D eigenvalue weighted by atomic mass is 9.81. The van der Waals surface area contributed by atoms with E-state index in [0.717, 1.165) is 0 Å². The summed E-state index contributed by atoms with van der Waals surface area (Å²) in [5.41, 5.74) is -1.52. The molecule has 0 aliphatic rings. The van der Waals surface area contributed by atoms with E-state index < -0.39 is 23.3 Å². The summed E-state index contributed by atoms with van der Waals surface area (Å²) in [7, 11) is 2.39. The standard InChI is InChI=1S/C14H19BrO6/c1-5-7-14(12(17)19-3,13(18)20-4)9-11(15)6-8-21-10(2)16/h5-6H,1,7-9H2,2-4H3/b11-6+. The Morgan fingerprint density at radius 2 is 1.71 bits per heavy atom. The molecule has 0 heterocycles. The predicted octanol–water partition coefficient (Wildman–Crippen LogP) is 2.13. The van der Waals surface area contributed by atoms with Crippen molar-refractivity contribution in [3.63, 3.8) is 0 Å². The van der Waals surface area contributed by atoms with Crippen LogP contribution < -0.4 is 0 Å².